The second-order valence-electron chi connectivity index (χ2n) is 6.74. The Kier molecular flexibility index (Phi) is 8.78. The van der Waals surface area contributed by atoms with Crippen molar-refractivity contribution < 1.29 is 29.3 Å². The van der Waals surface area contributed by atoms with Gasteiger partial charge in [-0.05, 0) is 24.8 Å². The van der Waals surface area contributed by atoms with E-state index in [4.69, 9.17) is 9.84 Å². The summed E-state index contributed by atoms with van der Waals surface area (Å²) in [6, 6.07) is 7.76. The summed E-state index contributed by atoms with van der Waals surface area (Å²) in [5, 5.41) is 21.3. The van der Waals surface area contributed by atoms with Gasteiger partial charge in [-0.2, -0.15) is 0 Å². The predicted molar refractivity (Wildman–Crippen MR) is 95.0 cm³/mol. The van der Waals surface area contributed by atoms with Crippen molar-refractivity contribution in [1.29, 1.82) is 0 Å². The van der Waals surface area contributed by atoms with E-state index in [1.807, 2.05) is 19.9 Å². The molecule has 0 radical (unpaired) electrons. The number of aliphatic carboxylic acids is 1. The Morgan fingerprint density at radius 1 is 1.12 bits per heavy atom. The van der Waals surface area contributed by atoms with Gasteiger partial charge in [-0.3, -0.25) is 9.59 Å². The Morgan fingerprint density at radius 2 is 1.73 bits per heavy atom. The van der Waals surface area contributed by atoms with Crippen LogP contribution in [-0.2, 0) is 25.7 Å². The Labute approximate surface area is 153 Å². The van der Waals surface area contributed by atoms with Crippen LogP contribution in [0.25, 0.3) is 0 Å². The van der Waals surface area contributed by atoms with Gasteiger partial charge < -0.3 is 20.3 Å². The number of carbonyl (C=O) groups is 3. The average Bonchev–Trinajstić information content (AvgIpc) is 2.56. The van der Waals surface area contributed by atoms with Gasteiger partial charge in [0.25, 0.3) is 0 Å². The second kappa shape index (κ2) is 10.6. The maximum absolute atomic E-state index is 12.4. The van der Waals surface area contributed by atoms with E-state index in [0.29, 0.717) is 6.42 Å². The first kappa shape index (κ1) is 21.6. The number of aliphatic hydroxyl groups is 1. The quantitative estimate of drug-likeness (QED) is 0.544. The van der Waals surface area contributed by atoms with Gasteiger partial charge in [-0.15, -0.1) is 0 Å². The monoisotopic (exact) mass is 365 g/mol. The van der Waals surface area contributed by atoms with Crippen molar-refractivity contribution in [3.05, 3.63) is 35.9 Å². The lowest BCUT2D eigenvalue weighted by atomic mass is 9.93. The van der Waals surface area contributed by atoms with Crippen molar-refractivity contribution in [1.82, 2.24) is 5.32 Å². The Balaban J connectivity index is 2.73. The first-order valence-corrected chi connectivity index (χ1v) is 8.61. The zero-order valence-electron chi connectivity index (χ0n) is 15.3. The molecule has 0 spiro atoms. The van der Waals surface area contributed by atoms with Crippen molar-refractivity contribution >= 4 is 17.8 Å². The van der Waals surface area contributed by atoms with Gasteiger partial charge in [-0.1, -0.05) is 44.2 Å². The highest BCUT2D eigenvalue weighted by atomic mass is 16.5. The van der Waals surface area contributed by atoms with Gasteiger partial charge >= 0.3 is 11.9 Å². The number of amides is 1. The molecule has 0 heterocycles. The van der Waals surface area contributed by atoms with Crippen LogP contribution in [0, 0.1) is 11.8 Å². The number of benzene rings is 1. The topological polar surface area (TPSA) is 113 Å². The molecule has 7 heteroatoms. The highest BCUT2D eigenvalue weighted by molar-refractivity contribution is 5.88. The smallest absolute Gasteiger partial charge is 0.331 e. The molecule has 3 atom stereocenters. The van der Waals surface area contributed by atoms with Gasteiger partial charge in [0.05, 0.1) is 12.5 Å². The number of esters is 1. The fraction of sp³-hybridized carbons (Fsp3) is 0.526. The van der Waals surface area contributed by atoms with Crippen LogP contribution in [0.15, 0.2) is 30.3 Å². The summed E-state index contributed by atoms with van der Waals surface area (Å²) in [4.78, 5) is 35.6. The van der Waals surface area contributed by atoms with Gasteiger partial charge in [0.15, 0.2) is 6.04 Å². The lowest BCUT2D eigenvalue weighted by Crippen LogP contribution is -2.50. The minimum Gasteiger partial charge on any atom is -0.481 e. The van der Waals surface area contributed by atoms with E-state index in [2.05, 4.69) is 5.32 Å². The molecule has 0 bridgehead atoms. The summed E-state index contributed by atoms with van der Waals surface area (Å²) in [6.07, 6.45) is -1.15. The van der Waals surface area contributed by atoms with Crippen LogP contribution in [-0.4, -0.2) is 40.2 Å². The van der Waals surface area contributed by atoms with Gasteiger partial charge in [0.2, 0.25) is 5.91 Å². The third-order valence-electron chi connectivity index (χ3n) is 3.81. The number of aliphatic hydroxyl groups excluding tert-OH is 1. The predicted octanol–water partition coefficient (Wildman–Crippen LogP) is 1.73. The summed E-state index contributed by atoms with van der Waals surface area (Å²) in [6.45, 7) is 5.14. The van der Waals surface area contributed by atoms with E-state index >= 15 is 0 Å². The number of carbonyl (C=O) groups excluding carboxylic acids is 2. The van der Waals surface area contributed by atoms with Crippen molar-refractivity contribution in [2.24, 2.45) is 11.8 Å². The molecule has 0 saturated carbocycles. The van der Waals surface area contributed by atoms with E-state index in [0.717, 1.165) is 5.56 Å². The van der Waals surface area contributed by atoms with Crippen molar-refractivity contribution in [3.8, 4) is 0 Å². The zero-order chi connectivity index (χ0) is 19.7. The summed E-state index contributed by atoms with van der Waals surface area (Å²) >= 11 is 0. The molecule has 0 saturated heterocycles. The maximum atomic E-state index is 12.4. The summed E-state index contributed by atoms with van der Waals surface area (Å²) in [5.41, 5.74) is 0.778. The molecule has 0 aliphatic carbocycles. The highest BCUT2D eigenvalue weighted by Gasteiger charge is 2.31. The van der Waals surface area contributed by atoms with E-state index in [9.17, 15) is 19.5 Å². The molecule has 144 valence electrons. The Hall–Kier alpha value is -2.41. The number of hydrogen-bond donors (Lipinski definition) is 3. The number of carboxylic acids is 1. The fourth-order valence-corrected chi connectivity index (χ4v) is 2.53. The van der Waals surface area contributed by atoms with Crippen LogP contribution < -0.4 is 5.32 Å². The van der Waals surface area contributed by atoms with Crippen molar-refractivity contribution in [3.63, 3.8) is 0 Å². The molecule has 26 heavy (non-hydrogen) atoms. The molecular weight excluding hydrogens is 338 g/mol. The summed E-state index contributed by atoms with van der Waals surface area (Å²) in [5.74, 6) is -3.11. The van der Waals surface area contributed by atoms with E-state index in [-0.39, 0.29) is 18.9 Å². The second-order valence-corrected chi connectivity index (χ2v) is 6.74. The number of nitrogens with one attached hydrogen (secondary N) is 1. The first-order chi connectivity index (χ1) is 12.2. The van der Waals surface area contributed by atoms with Crippen LogP contribution in [0.4, 0.5) is 0 Å². The third-order valence-corrected chi connectivity index (χ3v) is 3.81. The molecule has 0 aliphatic heterocycles. The minimum atomic E-state index is -1.25. The number of rotatable bonds is 10. The minimum absolute atomic E-state index is 0.0172. The molecular formula is C19H27NO6. The molecule has 3 N–H and O–H groups in total. The molecule has 1 unspecified atom stereocenters. The lowest BCUT2D eigenvalue weighted by Gasteiger charge is -2.23. The number of ether oxygens (including phenoxy) is 1. The largest absolute Gasteiger partial charge is 0.481 e. The molecule has 1 amide bonds. The first-order valence-electron chi connectivity index (χ1n) is 8.61. The number of carboxylic acid groups (broad SMARTS) is 1. The maximum Gasteiger partial charge on any atom is 0.331 e. The summed E-state index contributed by atoms with van der Waals surface area (Å²) in [7, 11) is 0. The van der Waals surface area contributed by atoms with Gasteiger partial charge in [0, 0.05) is 5.92 Å². The van der Waals surface area contributed by atoms with E-state index < -0.39 is 35.9 Å². The molecule has 1 aromatic rings. The molecule has 1 aromatic carbocycles. The molecule has 1 rings (SSSR count). The Bertz CT molecular complexity index is 599. The zero-order valence-corrected chi connectivity index (χ0v) is 15.3. The third kappa shape index (κ3) is 7.65. The van der Waals surface area contributed by atoms with Crippen molar-refractivity contribution in [2.45, 2.75) is 52.4 Å². The van der Waals surface area contributed by atoms with Crippen molar-refractivity contribution in [2.75, 3.05) is 0 Å². The molecule has 0 fully saturated rings. The van der Waals surface area contributed by atoms with Crippen LogP contribution in [0.2, 0.25) is 0 Å². The van der Waals surface area contributed by atoms with Crippen LogP contribution in [0.1, 0.15) is 39.2 Å². The van der Waals surface area contributed by atoms with E-state index in [1.165, 1.54) is 6.92 Å². The van der Waals surface area contributed by atoms with Crippen LogP contribution in [0.5, 0.6) is 0 Å². The highest BCUT2D eigenvalue weighted by Crippen LogP contribution is 2.16. The van der Waals surface area contributed by atoms with E-state index in [1.54, 1.807) is 24.3 Å². The fourth-order valence-electron chi connectivity index (χ4n) is 2.53. The average molecular weight is 365 g/mol. The number of hydrogen-bond acceptors (Lipinski definition) is 5. The molecule has 0 aliphatic rings. The standard InChI is InChI=1S/C19H27NO6/c1-12(2)9-15(10-16(22)23)18(24)20-17(13(3)21)19(25)26-11-14-7-5-4-6-8-14/h4-8,12-13,15,17,21H,9-11H2,1-3H3,(H,20,24)(H,22,23)/t13-,15?,17+/m1/s1. The molecule has 7 nitrogen and oxygen atoms in total. The van der Waals surface area contributed by atoms with Gasteiger partial charge in [-0.25, -0.2) is 4.79 Å². The van der Waals surface area contributed by atoms with Crippen LogP contribution >= 0.6 is 0 Å². The summed E-state index contributed by atoms with van der Waals surface area (Å²) < 4.78 is 5.16. The SMILES string of the molecule is CC(C)CC(CC(=O)O)C(=O)N[C@H](C(=O)OCc1ccccc1)[C@@H](C)O. The molecule has 0 aromatic heterocycles. The van der Waals surface area contributed by atoms with Gasteiger partial charge in [0.1, 0.15) is 6.61 Å². The lowest BCUT2D eigenvalue weighted by molar-refractivity contribution is -0.152. The Morgan fingerprint density at radius 3 is 2.23 bits per heavy atom. The van der Waals surface area contributed by atoms with Crippen LogP contribution in [0.3, 0.4) is 0 Å². The normalized spacial score (nSPS) is 14.3.